The number of aromatic nitrogens is 1. The molecule has 18 heavy (non-hydrogen) atoms. The predicted octanol–water partition coefficient (Wildman–Crippen LogP) is 0.972. The first-order chi connectivity index (χ1) is 8.45. The number of carbonyl (C=O) groups excluding carboxylic acids is 1. The summed E-state index contributed by atoms with van der Waals surface area (Å²) in [5, 5.41) is 7.66. The van der Waals surface area contributed by atoms with Gasteiger partial charge in [0.2, 0.25) is 10.0 Å². The van der Waals surface area contributed by atoms with Crippen LogP contribution in [-0.4, -0.2) is 25.9 Å². The first kappa shape index (κ1) is 14.7. The van der Waals surface area contributed by atoms with Gasteiger partial charge in [-0.25, -0.2) is 13.6 Å². The second-order valence-electron chi connectivity index (χ2n) is 4.11. The highest BCUT2D eigenvalue weighted by Gasteiger charge is 2.14. The fourth-order valence-corrected chi connectivity index (χ4v) is 2.02. The van der Waals surface area contributed by atoms with Gasteiger partial charge in [0.25, 0.3) is 5.91 Å². The zero-order valence-corrected chi connectivity index (χ0v) is 11.2. The van der Waals surface area contributed by atoms with Crippen molar-refractivity contribution in [2.75, 3.05) is 6.54 Å². The van der Waals surface area contributed by atoms with Crippen LogP contribution in [0, 0.1) is 0 Å². The largest absolute Gasteiger partial charge is 0.356 e. The normalized spacial score (nSPS) is 11.4. The molecule has 0 aromatic carbocycles. The highest BCUT2D eigenvalue weighted by atomic mass is 32.2. The van der Waals surface area contributed by atoms with E-state index >= 15 is 0 Å². The molecule has 0 saturated carbocycles. The van der Waals surface area contributed by atoms with E-state index in [1.165, 1.54) is 12.3 Å². The van der Waals surface area contributed by atoms with Crippen molar-refractivity contribution < 1.29 is 13.2 Å². The number of sulfonamides is 1. The van der Waals surface area contributed by atoms with Crippen LogP contribution in [0.4, 0.5) is 0 Å². The summed E-state index contributed by atoms with van der Waals surface area (Å²) in [7, 11) is -3.76. The molecule has 6 nitrogen and oxygen atoms in total. The Morgan fingerprint density at radius 1 is 1.39 bits per heavy atom. The van der Waals surface area contributed by atoms with Crippen molar-refractivity contribution in [3.8, 4) is 0 Å². The van der Waals surface area contributed by atoms with Crippen LogP contribution < -0.4 is 10.5 Å². The van der Waals surface area contributed by atoms with Gasteiger partial charge in [-0.2, -0.15) is 0 Å². The Kier molecular flexibility index (Phi) is 5.36. The molecule has 0 spiro atoms. The van der Waals surface area contributed by atoms with Gasteiger partial charge in [0.15, 0.2) is 0 Å². The van der Waals surface area contributed by atoms with Gasteiger partial charge >= 0.3 is 0 Å². The van der Waals surface area contributed by atoms with E-state index in [0.29, 0.717) is 6.54 Å². The molecule has 0 aliphatic rings. The number of primary sulfonamides is 1. The lowest BCUT2D eigenvalue weighted by atomic mass is 10.2. The lowest BCUT2D eigenvalue weighted by molar-refractivity contribution is 0.0948. The van der Waals surface area contributed by atoms with Gasteiger partial charge in [0.05, 0.1) is 4.90 Å². The number of hydrogen-bond donors (Lipinski definition) is 3. The van der Waals surface area contributed by atoms with Crippen molar-refractivity contribution >= 4 is 15.9 Å². The maximum atomic E-state index is 11.6. The van der Waals surface area contributed by atoms with Crippen molar-refractivity contribution in [2.45, 2.75) is 37.5 Å². The van der Waals surface area contributed by atoms with E-state index in [4.69, 9.17) is 5.14 Å². The fourth-order valence-electron chi connectivity index (χ4n) is 1.52. The molecule has 0 atom stereocenters. The molecule has 102 valence electrons. The average molecular weight is 273 g/mol. The van der Waals surface area contributed by atoms with E-state index in [0.717, 1.165) is 25.7 Å². The second kappa shape index (κ2) is 6.55. The van der Waals surface area contributed by atoms with E-state index < -0.39 is 10.0 Å². The van der Waals surface area contributed by atoms with Crippen molar-refractivity contribution in [3.05, 3.63) is 18.0 Å². The van der Waals surface area contributed by atoms with Gasteiger partial charge in [0, 0.05) is 12.7 Å². The quantitative estimate of drug-likeness (QED) is 0.644. The molecule has 0 saturated heterocycles. The minimum absolute atomic E-state index is 0.0846. The molecular formula is C11H19N3O3S. The van der Waals surface area contributed by atoms with E-state index in [1.54, 1.807) is 0 Å². The monoisotopic (exact) mass is 273 g/mol. The molecule has 1 rings (SSSR count). The predicted molar refractivity (Wildman–Crippen MR) is 68.6 cm³/mol. The third-order valence-electron chi connectivity index (χ3n) is 2.55. The molecule has 1 heterocycles. The van der Waals surface area contributed by atoms with E-state index in [-0.39, 0.29) is 16.5 Å². The van der Waals surface area contributed by atoms with Gasteiger partial charge in [-0.3, -0.25) is 4.79 Å². The summed E-state index contributed by atoms with van der Waals surface area (Å²) in [5.74, 6) is -0.318. The summed E-state index contributed by atoms with van der Waals surface area (Å²) < 4.78 is 22.1. The number of carbonyl (C=O) groups is 1. The Hall–Kier alpha value is -1.34. The van der Waals surface area contributed by atoms with Crippen LogP contribution in [0.15, 0.2) is 17.2 Å². The maximum absolute atomic E-state index is 11.6. The summed E-state index contributed by atoms with van der Waals surface area (Å²) in [6, 6.07) is 1.23. The molecule has 0 fully saturated rings. The Bertz CT molecular complexity index is 493. The number of aromatic amines is 1. The Labute approximate surface area is 107 Å². The summed E-state index contributed by atoms with van der Waals surface area (Å²) in [5.41, 5.74) is 0.203. The number of hydrogen-bond acceptors (Lipinski definition) is 3. The third-order valence-corrected chi connectivity index (χ3v) is 3.44. The summed E-state index contributed by atoms with van der Waals surface area (Å²) in [4.78, 5) is 14.1. The molecule has 7 heteroatoms. The van der Waals surface area contributed by atoms with E-state index in [9.17, 15) is 13.2 Å². The molecule has 1 aromatic heterocycles. The van der Waals surface area contributed by atoms with Crippen LogP contribution in [-0.2, 0) is 10.0 Å². The lowest BCUT2D eigenvalue weighted by Crippen LogP contribution is -2.24. The molecule has 0 unspecified atom stereocenters. The average Bonchev–Trinajstić information content (AvgIpc) is 2.77. The molecule has 0 bridgehead atoms. The standard InChI is InChI=1S/C11H19N3O3S/c1-2-3-4-5-6-13-11(15)10-7-9(8-14-10)18(12,16)17/h7-8,14H,2-6H2,1H3,(H,13,15)(H2,12,16,17). The number of rotatable bonds is 7. The van der Waals surface area contributed by atoms with Crippen LogP contribution in [0.1, 0.15) is 43.1 Å². The van der Waals surface area contributed by atoms with Crippen molar-refractivity contribution in [3.63, 3.8) is 0 Å². The van der Waals surface area contributed by atoms with E-state index in [2.05, 4.69) is 17.2 Å². The molecular weight excluding hydrogens is 254 g/mol. The van der Waals surface area contributed by atoms with Gasteiger partial charge in [-0.05, 0) is 12.5 Å². The Morgan fingerprint density at radius 3 is 2.67 bits per heavy atom. The van der Waals surface area contributed by atoms with Crippen LogP contribution in [0.2, 0.25) is 0 Å². The maximum Gasteiger partial charge on any atom is 0.267 e. The molecule has 0 aliphatic heterocycles. The number of unbranched alkanes of at least 4 members (excludes halogenated alkanes) is 3. The zero-order valence-electron chi connectivity index (χ0n) is 10.4. The molecule has 0 radical (unpaired) electrons. The summed E-state index contributed by atoms with van der Waals surface area (Å²) in [6.07, 6.45) is 5.49. The summed E-state index contributed by atoms with van der Waals surface area (Å²) >= 11 is 0. The topological polar surface area (TPSA) is 105 Å². The van der Waals surface area contributed by atoms with Crippen LogP contribution >= 0.6 is 0 Å². The Balaban J connectivity index is 2.45. The van der Waals surface area contributed by atoms with Crippen LogP contribution in [0.3, 0.4) is 0 Å². The number of nitrogens with two attached hydrogens (primary N) is 1. The van der Waals surface area contributed by atoms with Gasteiger partial charge in [-0.15, -0.1) is 0 Å². The minimum atomic E-state index is -3.76. The zero-order chi connectivity index (χ0) is 13.6. The van der Waals surface area contributed by atoms with Crippen LogP contribution in [0.25, 0.3) is 0 Å². The number of nitrogens with one attached hydrogen (secondary N) is 2. The SMILES string of the molecule is CCCCCCNC(=O)c1cc(S(N)(=O)=O)c[nH]1. The summed E-state index contributed by atoms with van der Waals surface area (Å²) in [6.45, 7) is 2.70. The first-order valence-electron chi connectivity index (χ1n) is 5.94. The van der Waals surface area contributed by atoms with E-state index in [1.807, 2.05) is 0 Å². The highest BCUT2D eigenvalue weighted by Crippen LogP contribution is 2.08. The molecule has 1 aromatic rings. The third kappa shape index (κ3) is 4.50. The van der Waals surface area contributed by atoms with Crippen molar-refractivity contribution in [1.29, 1.82) is 0 Å². The second-order valence-corrected chi connectivity index (χ2v) is 5.67. The smallest absolute Gasteiger partial charge is 0.267 e. The van der Waals surface area contributed by atoms with Crippen LogP contribution in [0.5, 0.6) is 0 Å². The van der Waals surface area contributed by atoms with Crippen molar-refractivity contribution in [1.82, 2.24) is 10.3 Å². The molecule has 4 N–H and O–H groups in total. The minimum Gasteiger partial charge on any atom is -0.356 e. The highest BCUT2D eigenvalue weighted by molar-refractivity contribution is 7.89. The number of amides is 1. The first-order valence-corrected chi connectivity index (χ1v) is 7.49. The van der Waals surface area contributed by atoms with Gasteiger partial charge < -0.3 is 10.3 Å². The van der Waals surface area contributed by atoms with Crippen molar-refractivity contribution in [2.24, 2.45) is 5.14 Å². The van der Waals surface area contributed by atoms with Gasteiger partial charge in [0.1, 0.15) is 5.69 Å². The lowest BCUT2D eigenvalue weighted by Gasteiger charge is -2.02. The molecule has 1 amide bonds. The fraction of sp³-hybridized carbons (Fsp3) is 0.545. The number of H-pyrrole nitrogens is 1. The Morgan fingerprint density at radius 2 is 2.11 bits per heavy atom. The molecule has 0 aliphatic carbocycles. The van der Waals surface area contributed by atoms with Gasteiger partial charge in [-0.1, -0.05) is 26.2 Å².